The van der Waals surface area contributed by atoms with Gasteiger partial charge < -0.3 is 16.4 Å². The Labute approximate surface area is 177 Å². The van der Waals surface area contributed by atoms with Gasteiger partial charge in [-0.3, -0.25) is 0 Å². The number of benzene rings is 2. The van der Waals surface area contributed by atoms with Gasteiger partial charge in [0.2, 0.25) is 0 Å². The van der Waals surface area contributed by atoms with Crippen molar-refractivity contribution in [3.63, 3.8) is 0 Å². The van der Waals surface area contributed by atoms with Gasteiger partial charge in [-0.15, -0.1) is 0 Å². The summed E-state index contributed by atoms with van der Waals surface area (Å²) < 4.78 is 39.2. The average Bonchev–Trinajstić information content (AvgIpc) is 2.71. The number of unbranched alkanes of at least 4 members (excludes halogenated alkanes) is 1. The molecule has 2 aromatic carbocycles. The fourth-order valence-corrected chi connectivity index (χ4v) is 3.05. The minimum Gasteiger partial charge on any atom is -0.393 e. The summed E-state index contributed by atoms with van der Waals surface area (Å²) in [5.41, 5.74) is 7.55. The third-order valence-electron chi connectivity index (χ3n) is 4.45. The first-order valence-corrected chi connectivity index (χ1v) is 9.76. The lowest BCUT2D eigenvalue weighted by molar-refractivity contribution is -0.137. The van der Waals surface area contributed by atoms with Crippen LogP contribution in [0, 0.1) is 0 Å². The van der Waals surface area contributed by atoms with E-state index in [1.54, 1.807) is 0 Å². The van der Waals surface area contributed by atoms with Crippen LogP contribution < -0.4 is 16.4 Å². The van der Waals surface area contributed by atoms with Crippen molar-refractivity contribution in [1.29, 1.82) is 0 Å². The maximum Gasteiger partial charge on any atom is 0.417 e. The Morgan fingerprint density at radius 2 is 1.57 bits per heavy atom. The van der Waals surface area contributed by atoms with E-state index < -0.39 is 11.7 Å². The maximum absolute atomic E-state index is 13.1. The van der Waals surface area contributed by atoms with E-state index in [0.717, 1.165) is 31.0 Å². The summed E-state index contributed by atoms with van der Waals surface area (Å²) in [4.78, 5) is 8.17. The molecule has 3 aromatic rings. The third kappa shape index (κ3) is 5.33. The Kier molecular flexibility index (Phi) is 6.66. The number of rotatable bonds is 7. The molecule has 0 saturated heterocycles. The van der Waals surface area contributed by atoms with Gasteiger partial charge in [0.15, 0.2) is 11.6 Å². The lowest BCUT2D eigenvalue weighted by atomic mass is 10.1. The highest BCUT2D eigenvalue weighted by Crippen LogP contribution is 2.37. The van der Waals surface area contributed by atoms with Gasteiger partial charge in [-0.2, -0.15) is 13.2 Å². The number of alkyl halides is 3. The standard InChI is InChI=1S/C21H21ClF3N5/c1-2-3-4-13-5-7-14(8-6-13)29-19-18(26)20(28-12-27-19)30-15-9-10-17(22)16(11-15)21(23,24)25/h5-12H,2-4,26H2,1H3,(H2,27,28,29,30). The summed E-state index contributed by atoms with van der Waals surface area (Å²) in [6.45, 7) is 2.15. The Morgan fingerprint density at radius 1 is 0.967 bits per heavy atom. The van der Waals surface area contributed by atoms with Gasteiger partial charge in [0.05, 0.1) is 10.6 Å². The first-order valence-electron chi connectivity index (χ1n) is 9.38. The predicted octanol–water partition coefficient (Wildman–Crippen LogP) is 6.56. The molecular weight excluding hydrogens is 415 g/mol. The number of nitrogens with one attached hydrogen (secondary N) is 2. The minimum atomic E-state index is -4.57. The average molecular weight is 436 g/mol. The molecule has 3 rings (SSSR count). The van der Waals surface area contributed by atoms with E-state index >= 15 is 0 Å². The number of nitrogens with zero attached hydrogens (tertiary/aromatic N) is 2. The van der Waals surface area contributed by atoms with Gasteiger partial charge in [0, 0.05) is 11.4 Å². The van der Waals surface area contributed by atoms with Crippen LogP contribution in [0.3, 0.4) is 0 Å². The molecular formula is C21H21ClF3N5. The first-order chi connectivity index (χ1) is 14.3. The van der Waals surface area contributed by atoms with Gasteiger partial charge >= 0.3 is 6.18 Å². The fraction of sp³-hybridized carbons (Fsp3) is 0.238. The number of halogens is 4. The molecule has 5 nitrogen and oxygen atoms in total. The molecule has 0 radical (unpaired) electrons. The molecule has 1 heterocycles. The summed E-state index contributed by atoms with van der Waals surface area (Å²) in [6, 6.07) is 11.4. The Bertz CT molecular complexity index is 1010. The zero-order chi connectivity index (χ0) is 21.7. The Hall–Kier alpha value is -3.00. The van der Waals surface area contributed by atoms with Crippen LogP contribution in [0.15, 0.2) is 48.8 Å². The van der Waals surface area contributed by atoms with E-state index in [2.05, 4.69) is 27.5 Å². The van der Waals surface area contributed by atoms with Crippen molar-refractivity contribution in [2.75, 3.05) is 16.4 Å². The molecule has 30 heavy (non-hydrogen) atoms. The van der Waals surface area contributed by atoms with Crippen molar-refractivity contribution in [2.45, 2.75) is 32.4 Å². The van der Waals surface area contributed by atoms with E-state index in [1.807, 2.05) is 24.3 Å². The van der Waals surface area contributed by atoms with Crippen LogP contribution in [0.1, 0.15) is 30.9 Å². The second-order valence-electron chi connectivity index (χ2n) is 6.73. The lowest BCUT2D eigenvalue weighted by Crippen LogP contribution is -2.08. The molecule has 0 fully saturated rings. The second kappa shape index (κ2) is 9.21. The largest absolute Gasteiger partial charge is 0.417 e. The zero-order valence-corrected chi connectivity index (χ0v) is 17.0. The minimum absolute atomic E-state index is 0.156. The molecule has 0 aliphatic carbocycles. The van der Waals surface area contributed by atoms with Crippen molar-refractivity contribution in [3.05, 3.63) is 64.9 Å². The summed E-state index contributed by atoms with van der Waals surface area (Å²) in [6.07, 6.45) is -0.0204. The molecule has 0 atom stereocenters. The number of hydrogen-bond acceptors (Lipinski definition) is 5. The van der Waals surface area contributed by atoms with Crippen molar-refractivity contribution in [1.82, 2.24) is 9.97 Å². The van der Waals surface area contributed by atoms with Crippen LogP contribution in [0.5, 0.6) is 0 Å². The number of nitrogens with two attached hydrogens (primary N) is 1. The van der Waals surface area contributed by atoms with Crippen LogP contribution >= 0.6 is 11.6 Å². The summed E-state index contributed by atoms with van der Waals surface area (Å²) in [5.74, 6) is 0.529. The second-order valence-corrected chi connectivity index (χ2v) is 7.13. The van der Waals surface area contributed by atoms with Crippen molar-refractivity contribution in [3.8, 4) is 0 Å². The molecule has 158 valence electrons. The molecule has 0 bridgehead atoms. The lowest BCUT2D eigenvalue weighted by Gasteiger charge is -2.15. The monoisotopic (exact) mass is 435 g/mol. The van der Waals surface area contributed by atoms with Crippen molar-refractivity contribution in [2.24, 2.45) is 0 Å². The smallest absolute Gasteiger partial charge is 0.393 e. The first kappa shape index (κ1) is 21.7. The topological polar surface area (TPSA) is 75.9 Å². The molecule has 0 amide bonds. The quantitative estimate of drug-likeness (QED) is 0.391. The number of anilines is 5. The highest BCUT2D eigenvalue weighted by Gasteiger charge is 2.33. The molecule has 0 aliphatic heterocycles. The molecule has 4 N–H and O–H groups in total. The maximum atomic E-state index is 13.1. The SMILES string of the molecule is CCCCc1ccc(Nc2ncnc(Nc3ccc(Cl)c(C(F)(F)F)c3)c2N)cc1. The van der Waals surface area contributed by atoms with Gasteiger partial charge in [-0.05, 0) is 48.7 Å². The molecule has 0 unspecified atom stereocenters. The highest BCUT2D eigenvalue weighted by molar-refractivity contribution is 6.31. The normalized spacial score (nSPS) is 11.4. The van der Waals surface area contributed by atoms with Gasteiger partial charge in [0.25, 0.3) is 0 Å². The molecule has 1 aromatic heterocycles. The van der Waals surface area contributed by atoms with E-state index in [0.29, 0.717) is 5.82 Å². The van der Waals surface area contributed by atoms with E-state index in [1.165, 1.54) is 24.0 Å². The number of aromatic nitrogens is 2. The molecule has 0 spiro atoms. The van der Waals surface area contributed by atoms with Crippen molar-refractivity contribution < 1.29 is 13.2 Å². The van der Waals surface area contributed by atoms with E-state index in [9.17, 15) is 13.2 Å². The third-order valence-corrected chi connectivity index (χ3v) is 4.78. The predicted molar refractivity (Wildman–Crippen MR) is 115 cm³/mol. The van der Waals surface area contributed by atoms with Gasteiger partial charge in [-0.1, -0.05) is 37.1 Å². The number of aryl methyl sites for hydroxylation is 1. The van der Waals surface area contributed by atoms with E-state index in [4.69, 9.17) is 17.3 Å². The van der Waals surface area contributed by atoms with E-state index in [-0.39, 0.29) is 22.2 Å². The van der Waals surface area contributed by atoms with Crippen molar-refractivity contribution >= 4 is 40.3 Å². The zero-order valence-electron chi connectivity index (χ0n) is 16.2. The number of hydrogen-bond donors (Lipinski definition) is 3. The summed E-state index contributed by atoms with van der Waals surface area (Å²) in [7, 11) is 0. The van der Waals surface area contributed by atoms with Crippen LogP contribution in [-0.2, 0) is 12.6 Å². The van der Waals surface area contributed by atoms with Gasteiger partial charge in [0.1, 0.15) is 12.0 Å². The molecule has 9 heteroatoms. The van der Waals surface area contributed by atoms with Crippen LogP contribution in [-0.4, -0.2) is 9.97 Å². The van der Waals surface area contributed by atoms with Crippen LogP contribution in [0.4, 0.5) is 41.9 Å². The fourth-order valence-electron chi connectivity index (χ4n) is 2.82. The highest BCUT2D eigenvalue weighted by atomic mass is 35.5. The van der Waals surface area contributed by atoms with Gasteiger partial charge in [-0.25, -0.2) is 9.97 Å². The Morgan fingerprint density at radius 3 is 2.17 bits per heavy atom. The summed E-state index contributed by atoms with van der Waals surface area (Å²) >= 11 is 5.66. The Balaban J connectivity index is 1.79. The molecule has 0 saturated carbocycles. The van der Waals surface area contributed by atoms with Crippen LogP contribution in [0.25, 0.3) is 0 Å². The molecule has 0 aliphatic rings. The van der Waals surface area contributed by atoms with Crippen LogP contribution in [0.2, 0.25) is 5.02 Å². The summed E-state index contributed by atoms with van der Waals surface area (Å²) in [5, 5.41) is 5.52. The number of nitrogen functional groups attached to an aromatic ring is 1.